The molecule has 0 aliphatic carbocycles. The molecule has 1 aliphatic heterocycles. The van der Waals surface area contributed by atoms with Crippen molar-refractivity contribution in [2.45, 2.75) is 45.8 Å². The third-order valence-corrected chi connectivity index (χ3v) is 4.36. The Balaban J connectivity index is 2.53. The van der Waals surface area contributed by atoms with Crippen molar-refractivity contribution in [3.63, 3.8) is 0 Å². The Morgan fingerprint density at radius 2 is 2.21 bits per heavy atom. The number of anilines is 1. The van der Waals surface area contributed by atoms with Gasteiger partial charge in [-0.3, -0.25) is 10.1 Å². The number of aromatic nitrogens is 1. The zero-order valence-electron chi connectivity index (χ0n) is 13.9. The average molecular weight is 357 g/mol. The van der Waals surface area contributed by atoms with Crippen LogP contribution >= 0.6 is 11.6 Å². The van der Waals surface area contributed by atoms with Gasteiger partial charge in [-0.05, 0) is 24.3 Å². The minimum absolute atomic E-state index is 0.164. The van der Waals surface area contributed by atoms with Crippen LogP contribution in [0.4, 0.5) is 16.2 Å². The second-order valence-corrected chi connectivity index (χ2v) is 7.21. The van der Waals surface area contributed by atoms with Gasteiger partial charge in [-0.15, -0.1) is 0 Å². The molecule has 0 spiro atoms. The van der Waals surface area contributed by atoms with Crippen LogP contribution in [0.1, 0.15) is 33.6 Å². The standard InChI is InChI=1S/C15H21ClN4O4/c1-15(2,3)12-10(24-14(17)21)5-4-8-19(12)9-6-7-18-13(16)11(9)20(22)23/h6-7,10,12H,4-5,8H2,1-3H3,(H2,17,21)/t10?,12-/m0/s1. The van der Waals surface area contributed by atoms with Gasteiger partial charge in [0.1, 0.15) is 11.8 Å². The van der Waals surface area contributed by atoms with Crippen molar-refractivity contribution >= 4 is 29.1 Å². The number of pyridine rings is 1. The molecule has 24 heavy (non-hydrogen) atoms. The first-order valence-electron chi connectivity index (χ1n) is 7.64. The van der Waals surface area contributed by atoms with Gasteiger partial charge in [0.2, 0.25) is 5.15 Å². The quantitative estimate of drug-likeness (QED) is 0.506. The smallest absolute Gasteiger partial charge is 0.404 e. The first kappa shape index (κ1) is 18.3. The molecule has 2 heterocycles. The molecule has 2 N–H and O–H groups in total. The molecule has 0 aromatic carbocycles. The topological polar surface area (TPSA) is 112 Å². The number of nitrogens with zero attached hydrogens (tertiary/aromatic N) is 3. The van der Waals surface area contributed by atoms with Crippen LogP contribution in [0.25, 0.3) is 0 Å². The van der Waals surface area contributed by atoms with Crippen LogP contribution in [0.2, 0.25) is 5.15 Å². The minimum Gasteiger partial charge on any atom is -0.444 e. The van der Waals surface area contributed by atoms with Crippen molar-refractivity contribution in [1.29, 1.82) is 0 Å². The van der Waals surface area contributed by atoms with E-state index in [-0.39, 0.29) is 22.3 Å². The number of carbonyl (C=O) groups is 1. The first-order valence-corrected chi connectivity index (χ1v) is 8.02. The highest BCUT2D eigenvalue weighted by Gasteiger charge is 2.43. The zero-order valence-corrected chi connectivity index (χ0v) is 14.6. The van der Waals surface area contributed by atoms with E-state index in [1.54, 1.807) is 6.07 Å². The summed E-state index contributed by atoms with van der Waals surface area (Å²) in [6.07, 6.45) is 1.49. The molecule has 1 aromatic rings. The minimum atomic E-state index is -0.849. The maximum atomic E-state index is 11.4. The number of hydrogen-bond donors (Lipinski definition) is 1. The lowest BCUT2D eigenvalue weighted by Gasteiger charge is -2.47. The fourth-order valence-electron chi connectivity index (χ4n) is 3.35. The lowest BCUT2D eigenvalue weighted by molar-refractivity contribution is -0.384. The number of nitro groups is 1. The number of rotatable bonds is 3. The lowest BCUT2D eigenvalue weighted by atomic mass is 9.78. The fourth-order valence-corrected chi connectivity index (χ4v) is 3.57. The van der Waals surface area contributed by atoms with E-state index < -0.39 is 17.1 Å². The van der Waals surface area contributed by atoms with Crippen molar-refractivity contribution in [1.82, 2.24) is 4.98 Å². The molecule has 1 aromatic heterocycles. The second-order valence-electron chi connectivity index (χ2n) is 6.85. The first-order chi connectivity index (χ1) is 11.1. The zero-order chi connectivity index (χ0) is 18.1. The van der Waals surface area contributed by atoms with E-state index in [4.69, 9.17) is 22.1 Å². The van der Waals surface area contributed by atoms with E-state index in [1.165, 1.54) is 6.20 Å². The van der Waals surface area contributed by atoms with Gasteiger partial charge in [-0.25, -0.2) is 9.78 Å². The molecule has 9 heteroatoms. The van der Waals surface area contributed by atoms with Gasteiger partial charge < -0.3 is 15.4 Å². The molecule has 0 radical (unpaired) electrons. The molecule has 1 fully saturated rings. The van der Waals surface area contributed by atoms with Crippen molar-refractivity contribution in [3.05, 3.63) is 27.5 Å². The maximum Gasteiger partial charge on any atom is 0.404 e. The van der Waals surface area contributed by atoms with Crippen LogP contribution < -0.4 is 10.6 Å². The van der Waals surface area contributed by atoms with Gasteiger partial charge in [0.05, 0.1) is 11.0 Å². The number of nitrogens with two attached hydrogens (primary N) is 1. The summed E-state index contributed by atoms with van der Waals surface area (Å²) in [7, 11) is 0. The summed E-state index contributed by atoms with van der Waals surface area (Å²) in [6.45, 7) is 6.55. The van der Waals surface area contributed by atoms with Crippen molar-refractivity contribution in [2.24, 2.45) is 11.1 Å². The van der Waals surface area contributed by atoms with Crippen LogP contribution in [-0.4, -0.2) is 34.7 Å². The highest BCUT2D eigenvalue weighted by molar-refractivity contribution is 6.32. The summed E-state index contributed by atoms with van der Waals surface area (Å²) in [4.78, 5) is 27.8. The normalized spacial score (nSPS) is 21.4. The Kier molecular flexibility index (Phi) is 5.17. The number of primary amides is 1. The third-order valence-electron chi connectivity index (χ3n) is 4.08. The van der Waals surface area contributed by atoms with Crippen LogP contribution in [-0.2, 0) is 4.74 Å². The van der Waals surface area contributed by atoms with Gasteiger partial charge in [0.15, 0.2) is 0 Å². The third kappa shape index (κ3) is 3.69. The van der Waals surface area contributed by atoms with Gasteiger partial charge >= 0.3 is 11.8 Å². The molecule has 1 amide bonds. The molecule has 1 unspecified atom stereocenters. The van der Waals surface area contributed by atoms with Crippen LogP contribution in [0.15, 0.2) is 12.3 Å². The van der Waals surface area contributed by atoms with E-state index >= 15 is 0 Å². The predicted octanol–water partition coefficient (Wildman–Crippen LogP) is 3.12. The Morgan fingerprint density at radius 1 is 1.54 bits per heavy atom. The maximum absolute atomic E-state index is 11.4. The second kappa shape index (κ2) is 6.80. The molecular formula is C15H21ClN4O4. The van der Waals surface area contributed by atoms with Crippen LogP contribution in [0, 0.1) is 15.5 Å². The number of halogens is 1. The molecule has 2 rings (SSSR count). The molecule has 0 bridgehead atoms. The van der Waals surface area contributed by atoms with Crippen molar-refractivity contribution in [2.75, 3.05) is 11.4 Å². The molecule has 1 aliphatic rings. The summed E-state index contributed by atoms with van der Waals surface area (Å²) < 4.78 is 5.29. The SMILES string of the molecule is CC(C)(C)[C@@H]1C(OC(N)=O)CCCN1c1ccnc(Cl)c1[N+](=O)[O-]. The Hall–Kier alpha value is -2.09. The van der Waals surface area contributed by atoms with Gasteiger partial charge in [-0.2, -0.15) is 0 Å². The van der Waals surface area contributed by atoms with Crippen molar-refractivity contribution < 1.29 is 14.5 Å². The monoisotopic (exact) mass is 356 g/mol. The number of carbonyl (C=O) groups excluding carboxylic acids is 1. The van der Waals surface area contributed by atoms with Gasteiger partial charge in [0, 0.05) is 12.7 Å². The number of amides is 1. The summed E-state index contributed by atoms with van der Waals surface area (Å²) in [5, 5.41) is 11.3. The molecule has 1 saturated heterocycles. The van der Waals surface area contributed by atoms with E-state index in [9.17, 15) is 14.9 Å². The molecule has 8 nitrogen and oxygen atoms in total. The van der Waals surface area contributed by atoms with E-state index in [2.05, 4.69) is 4.98 Å². The summed E-state index contributed by atoms with van der Waals surface area (Å²) in [5.41, 5.74) is 5.01. The van der Waals surface area contributed by atoms with Crippen LogP contribution in [0.3, 0.4) is 0 Å². The Morgan fingerprint density at radius 3 is 2.75 bits per heavy atom. The molecule has 2 atom stereocenters. The van der Waals surface area contributed by atoms with E-state index in [0.29, 0.717) is 25.1 Å². The van der Waals surface area contributed by atoms with Crippen molar-refractivity contribution in [3.8, 4) is 0 Å². The highest BCUT2D eigenvalue weighted by Crippen LogP contribution is 2.41. The number of hydrogen-bond acceptors (Lipinski definition) is 6. The largest absolute Gasteiger partial charge is 0.444 e. The predicted molar refractivity (Wildman–Crippen MR) is 90.2 cm³/mol. The number of ether oxygens (including phenoxy) is 1. The fraction of sp³-hybridized carbons (Fsp3) is 0.600. The Bertz CT molecular complexity index is 647. The summed E-state index contributed by atoms with van der Waals surface area (Å²) in [6, 6.07) is 1.28. The summed E-state index contributed by atoms with van der Waals surface area (Å²) in [5.74, 6) is 0. The number of piperidine rings is 1. The van der Waals surface area contributed by atoms with Gasteiger partial charge in [0.25, 0.3) is 0 Å². The molecule has 132 valence electrons. The summed E-state index contributed by atoms with van der Waals surface area (Å²) >= 11 is 5.94. The molecule has 0 saturated carbocycles. The average Bonchev–Trinajstić information content (AvgIpc) is 2.44. The lowest BCUT2D eigenvalue weighted by Crippen LogP contribution is -2.56. The highest BCUT2D eigenvalue weighted by atomic mass is 35.5. The van der Waals surface area contributed by atoms with E-state index in [0.717, 1.165) is 0 Å². The van der Waals surface area contributed by atoms with Crippen LogP contribution in [0.5, 0.6) is 0 Å². The Labute approximate surface area is 145 Å². The van der Waals surface area contributed by atoms with Gasteiger partial charge in [-0.1, -0.05) is 32.4 Å². The van der Waals surface area contributed by atoms with E-state index in [1.807, 2.05) is 25.7 Å². The molecular weight excluding hydrogens is 336 g/mol.